The summed E-state index contributed by atoms with van der Waals surface area (Å²) >= 11 is 1.72. The molecule has 136 valence electrons. The molecule has 0 fully saturated rings. The molecule has 4 nitrogen and oxygen atoms in total. The van der Waals surface area contributed by atoms with Gasteiger partial charge in [0.15, 0.2) is 0 Å². The fourth-order valence-corrected chi connectivity index (χ4v) is 4.43. The van der Waals surface area contributed by atoms with Gasteiger partial charge in [0.2, 0.25) is 0 Å². The van der Waals surface area contributed by atoms with E-state index in [4.69, 9.17) is 4.98 Å². The van der Waals surface area contributed by atoms with Gasteiger partial charge < -0.3 is 10.4 Å². The first-order valence-electron chi connectivity index (χ1n) is 8.91. The zero-order valence-corrected chi connectivity index (χ0v) is 15.9. The van der Waals surface area contributed by atoms with Crippen molar-refractivity contribution in [2.45, 2.75) is 16.7 Å². The quantitative estimate of drug-likeness (QED) is 0.384. The lowest BCUT2D eigenvalue weighted by molar-refractivity contribution is 0.0699. The van der Waals surface area contributed by atoms with Crippen LogP contribution in [0.25, 0.3) is 22.2 Å². The molecule has 0 saturated carbocycles. The number of aryl methyl sites for hydroxylation is 1. The van der Waals surface area contributed by atoms with E-state index in [-0.39, 0.29) is 5.56 Å². The van der Waals surface area contributed by atoms with Crippen LogP contribution in [-0.4, -0.2) is 16.1 Å². The Kier molecular flexibility index (Phi) is 3.84. The molecule has 1 aliphatic rings. The minimum absolute atomic E-state index is 0.272. The minimum Gasteiger partial charge on any atom is -0.478 e. The van der Waals surface area contributed by atoms with Crippen LogP contribution in [0.2, 0.25) is 0 Å². The Labute approximate surface area is 166 Å². The van der Waals surface area contributed by atoms with Gasteiger partial charge in [-0.25, -0.2) is 9.78 Å². The Bertz CT molecular complexity index is 1270. The van der Waals surface area contributed by atoms with Crippen LogP contribution in [0.3, 0.4) is 0 Å². The molecule has 0 aliphatic carbocycles. The summed E-state index contributed by atoms with van der Waals surface area (Å²) < 4.78 is 0. The number of nitrogens with one attached hydrogen (secondary N) is 1. The summed E-state index contributed by atoms with van der Waals surface area (Å²) in [6.07, 6.45) is 0. The molecule has 0 unspecified atom stereocenters. The van der Waals surface area contributed by atoms with Crippen molar-refractivity contribution in [2.75, 3.05) is 5.32 Å². The van der Waals surface area contributed by atoms with Gasteiger partial charge in [-0.05, 0) is 49.4 Å². The average molecular weight is 384 g/mol. The lowest BCUT2D eigenvalue weighted by Crippen LogP contribution is -2.02. The number of carboxylic acid groups (broad SMARTS) is 1. The zero-order valence-electron chi connectivity index (χ0n) is 15.1. The topological polar surface area (TPSA) is 62.2 Å². The maximum Gasteiger partial charge on any atom is 0.336 e. The van der Waals surface area contributed by atoms with Crippen molar-refractivity contribution in [3.05, 3.63) is 77.9 Å². The molecule has 5 heteroatoms. The van der Waals surface area contributed by atoms with E-state index < -0.39 is 5.97 Å². The first-order chi connectivity index (χ1) is 13.6. The lowest BCUT2D eigenvalue weighted by Gasteiger charge is -2.21. The van der Waals surface area contributed by atoms with E-state index in [9.17, 15) is 9.90 Å². The van der Waals surface area contributed by atoms with Crippen LogP contribution in [0.5, 0.6) is 0 Å². The summed E-state index contributed by atoms with van der Waals surface area (Å²) in [6.45, 7) is 1.95. The maximum atomic E-state index is 11.8. The molecule has 4 aromatic rings. The van der Waals surface area contributed by atoms with Crippen LogP contribution in [0.1, 0.15) is 15.9 Å². The Morgan fingerprint density at radius 2 is 1.79 bits per heavy atom. The zero-order chi connectivity index (χ0) is 19.3. The van der Waals surface area contributed by atoms with Crippen molar-refractivity contribution in [3.63, 3.8) is 0 Å². The number of pyridine rings is 1. The minimum atomic E-state index is -0.945. The number of para-hydroxylation sites is 1. The van der Waals surface area contributed by atoms with Crippen molar-refractivity contribution < 1.29 is 9.90 Å². The number of rotatable bonds is 2. The maximum absolute atomic E-state index is 11.8. The van der Waals surface area contributed by atoms with Gasteiger partial charge in [-0.15, -0.1) is 0 Å². The summed E-state index contributed by atoms with van der Waals surface area (Å²) in [6, 6.07) is 21.6. The van der Waals surface area contributed by atoms with Crippen LogP contribution in [0.4, 0.5) is 11.4 Å². The third-order valence-corrected chi connectivity index (χ3v) is 6.00. The number of aromatic nitrogens is 1. The van der Waals surface area contributed by atoms with E-state index >= 15 is 0 Å². The van der Waals surface area contributed by atoms with Gasteiger partial charge in [-0.1, -0.05) is 41.6 Å². The summed E-state index contributed by atoms with van der Waals surface area (Å²) in [5.74, 6) is -0.945. The first kappa shape index (κ1) is 16.8. The molecule has 0 saturated heterocycles. The van der Waals surface area contributed by atoms with Gasteiger partial charge in [0.25, 0.3) is 0 Å². The number of carbonyl (C=O) groups is 1. The van der Waals surface area contributed by atoms with E-state index in [1.807, 2.05) is 49.4 Å². The molecule has 28 heavy (non-hydrogen) atoms. The molecule has 1 aliphatic heterocycles. The van der Waals surface area contributed by atoms with Gasteiger partial charge in [0.1, 0.15) is 0 Å². The number of hydrogen-bond donors (Lipinski definition) is 2. The number of carboxylic acids is 1. The second-order valence-corrected chi connectivity index (χ2v) is 7.90. The number of aromatic carboxylic acids is 1. The monoisotopic (exact) mass is 384 g/mol. The van der Waals surface area contributed by atoms with Crippen molar-refractivity contribution in [1.29, 1.82) is 0 Å². The van der Waals surface area contributed by atoms with Gasteiger partial charge in [-0.2, -0.15) is 0 Å². The van der Waals surface area contributed by atoms with Crippen LogP contribution in [-0.2, 0) is 0 Å². The van der Waals surface area contributed by atoms with Crippen molar-refractivity contribution in [2.24, 2.45) is 0 Å². The molecule has 5 rings (SSSR count). The van der Waals surface area contributed by atoms with Gasteiger partial charge in [0, 0.05) is 20.7 Å². The van der Waals surface area contributed by atoms with Crippen molar-refractivity contribution in [1.82, 2.24) is 4.98 Å². The highest BCUT2D eigenvalue weighted by atomic mass is 32.2. The number of anilines is 2. The van der Waals surface area contributed by atoms with Crippen LogP contribution < -0.4 is 5.32 Å². The smallest absolute Gasteiger partial charge is 0.336 e. The van der Waals surface area contributed by atoms with Gasteiger partial charge in [0.05, 0.1) is 28.1 Å². The molecule has 3 aromatic carbocycles. The first-order valence-corrected chi connectivity index (χ1v) is 9.73. The van der Waals surface area contributed by atoms with Gasteiger partial charge >= 0.3 is 5.97 Å². The summed E-state index contributed by atoms with van der Waals surface area (Å²) in [7, 11) is 0. The molecule has 0 spiro atoms. The molecule has 0 bridgehead atoms. The second kappa shape index (κ2) is 6.39. The van der Waals surface area contributed by atoms with Crippen molar-refractivity contribution in [3.8, 4) is 11.3 Å². The third-order valence-electron chi connectivity index (χ3n) is 4.85. The summed E-state index contributed by atoms with van der Waals surface area (Å²) in [5.41, 5.74) is 5.59. The normalized spacial score (nSPS) is 12.2. The SMILES string of the molecule is Cc1ccc2nc(-c3ccc4c(c3)Nc3ccccc3S4)cc(C(=O)O)c2c1. The second-order valence-electron chi connectivity index (χ2n) is 6.81. The number of nitrogens with zero attached hydrogens (tertiary/aromatic N) is 1. The molecule has 2 N–H and O–H groups in total. The lowest BCUT2D eigenvalue weighted by atomic mass is 10.0. The summed E-state index contributed by atoms with van der Waals surface area (Å²) in [5, 5.41) is 13.8. The standard InChI is InChI=1S/C23H16N2O2S/c1-13-6-8-17-15(10-13)16(23(26)27)12-19(24-17)14-7-9-22-20(11-14)25-18-4-2-3-5-21(18)28-22/h2-12,25H,1H3,(H,26,27). The Balaban J connectivity index is 1.64. The molecular formula is C23H16N2O2S. The Morgan fingerprint density at radius 1 is 0.964 bits per heavy atom. The molecule has 1 aromatic heterocycles. The van der Waals surface area contributed by atoms with E-state index in [2.05, 4.69) is 23.5 Å². The largest absolute Gasteiger partial charge is 0.478 e. The van der Waals surface area contributed by atoms with E-state index in [1.54, 1.807) is 17.8 Å². The van der Waals surface area contributed by atoms with Crippen LogP contribution in [0.15, 0.2) is 76.5 Å². The van der Waals surface area contributed by atoms with Crippen LogP contribution >= 0.6 is 11.8 Å². The van der Waals surface area contributed by atoms with E-state index in [0.29, 0.717) is 16.6 Å². The highest BCUT2D eigenvalue weighted by molar-refractivity contribution is 7.99. The highest BCUT2D eigenvalue weighted by Gasteiger charge is 2.18. The van der Waals surface area contributed by atoms with E-state index in [1.165, 1.54) is 4.90 Å². The predicted molar refractivity (Wildman–Crippen MR) is 113 cm³/mol. The number of fused-ring (bicyclic) bond motifs is 3. The average Bonchev–Trinajstić information content (AvgIpc) is 2.71. The van der Waals surface area contributed by atoms with E-state index in [0.717, 1.165) is 27.4 Å². The molecule has 2 heterocycles. The third kappa shape index (κ3) is 2.80. The number of benzene rings is 3. The Morgan fingerprint density at radius 3 is 2.64 bits per heavy atom. The van der Waals surface area contributed by atoms with Gasteiger partial charge in [-0.3, -0.25) is 0 Å². The van der Waals surface area contributed by atoms with Crippen LogP contribution in [0, 0.1) is 6.92 Å². The highest BCUT2D eigenvalue weighted by Crippen LogP contribution is 2.45. The molecule has 0 radical (unpaired) electrons. The fourth-order valence-electron chi connectivity index (χ4n) is 3.46. The Hall–Kier alpha value is -3.31. The molecule has 0 amide bonds. The number of hydrogen-bond acceptors (Lipinski definition) is 4. The molecular weight excluding hydrogens is 368 g/mol. The van der Waals surface area contributed by atoms with Crippen molar-refractivity contribution >= 4 is 40.0 Å². The fraction of sp³-hybridized carbons (Fsp3) is 0.0435. The molecule has 0 atom stereocenters. The summed E-state index contributed by atoms with van der Waals surface area (Å²) in [4.78, 5) is 18.9. The predicted octanol–water partition coefficient (Wildman–Crippen LogP) is 6.12.